The number of hydrogen-bond donors (Lipinski definition) is 2. The lowest BCUT2D eigenvalue weighted by atomic mass is 9.96. The smallest absolute Gasteiger partial charge is 0.295 e. The van der Waals surface area contributed by atoms with Crippen molar-refractivity contribution >= 4 is 17.3 Å². The minimum Gasteiger partial charge on any atom is -0.393 e. The van der Waals surface area contributed by atoms with Crippen LogP contribution < -0.4 is 5.73 Å². The van der Waals surface area contributed by atoms with E-state index in [0.29, 0.717) is 25.6 Å². The number of aliphatic hydroxyl groups is 1. The molecule has 2 rings (SSSR count). The standard InChI is InChI=1S/C13H16FN3O4/c1-7-6-16(3-2-11(7)18)13(19)9-4-8(14)5-10(12(9)15)17(20)21/h4-5,7,11,18H,2-3,6,15H2,1H3. The van der Waals surface area contributed by atoms with Crippen molar-refractivity contribution in [2.45, 2.75) is 19.4 Å². The average Bonchev–Trinajstić information content (AvgIpc) is 2.43. The van der Waals surface area contributed by atoms with Gasteiger partial charge in [0, 0.05) is 13.1 Å². The first-order chi connectivity index (χ1) is 9.81. The third-order valence-electron chi connectivity index (χ3n) is 3.70. The Kier molecular flexibility index (Phi) is 4.08. The van der Waals surface area contributed by atoms with Crippen molar-refractivity contribution in [3.63, 3.8) is 0 Å². The molecule has 0 aromatic heterocycles. The number of carbonyl (C=O) groups excluding carboxylic acids is 1. The van der Waals surface area contributed by atoms with Crippen LogP contribution >= 0.6 is 0 Å². The molecule has 1 heterocycles. The number of nitrogen functional groups attached to an aromatic ring is 1. The molecule has 114 valence electrons. The zero-order valence-corrected chi connectivity index (χ0v) is 11.5. The van der Waals surface area contributed by atoms with Crippen molar-refractivity contribution < 1.29 is 19.2 Å². The number of benzene rings is 1. The van der Waals surface area contributed by atoms with E-state index in [4.69, 9.17) is 5.73 Å². The van der Waals surface area contributed by atoms with Crippen LogP contribution in [-0.4, -0.2) is 40.0 Å². The zero-order chi connectivity index (χ0) is 15.7. The number of nitro groups is 1. The van der Waals surface area contributed by atoms with Crippen LogP contribution in [0, 0.1) is 21.8 Å². The molecule has 1 aromatic rings. The lowest BCUT2D eigenvalue weighted by molar-refractivity contribution is -0.384. The fourth-order valence-electron chi connectivity index (χ4n) is 2.42. The van der Waals surface area contributed by atoms with Crippen molar-refractivity contribution in [3.8, 4) is 0 Å². The van der Waals surface area contributed by atoms with Gasteiger partial charge in [0.15, 0.2) is 0 Å². The van der Waals surface area contributed by atoms with Crippen molar-refractivity contribution in [3.05, 3.63) is 33.6 Å². The Morgan fingerprint density at radius 2 is 2.24 bits per heavy atom. The second kappa shape index (κ2) is 5.65. The number of rotatable bonds is 2. The van der Waals surface area contributed by atoms with Gasteiger partial charge >= 0.3 is 0 Å². The Labute approximate surface area is 120 Å². The number of nitrogens with two attached hydrogens (primary N) is 1. The predicted molar refractivity (Wildman–Crippen MR) is 73.2 cm³/mol. The molecule has 1 amide bonds. The molecule has 2 atom stereocenters. The summed E-state index contributed by atoms with van der Waals surface area (Å²) in [4.78, 5) is 23.8. The number of aliphatic hydroxyl groups excluding tert-OH is 1. The largest absolute Gasteiger partial charge is 0.393 e. The lowest BCUT2D eigenvalue weighted by Gasteiger charge is -2.34. The van der Waals surface area contributed by atoms with Crippen LogP contribution in [0.25, 0.3) is 0 Å². The molecule has 0 saturated carbocycles. The predicted octanol–water partition coefficient (Wildman–Crippen LogP) is 1.16. The van der Waals surface area contributed by atoms with E-state index in [1.165, 1.54) is 4.90 Å². The molecule has 1 aliphatic rings. The molecule has 1 aromatic carbocycles. The number of likely N-dealkylation sites (tertiary alicyclic amines) is 1. The highest BCUT2D eigenvalue weighted by molar-refractivity contribution is 6.01. The van der Waals surface area contributed by atoms with Crippen LogP contribution in [0.3, 0.4) is 0 Å². The first kappa shape index (κ1) is 15.2. The number of nitro benzene ring substituents is 1. The Morgan fingerprint density at radius 3 is 2.81 bits per heavy atom. The Hall–Kier alpha value is -2.22. The van der Waals surface area contributed by atoms with Crippen LogP contribution in [0.1, 0.15) is 23.7 Å². The van der Waals surface area contributed by atoms with Gasteiger partial charge in [0.05, 0.1) is 22.7 Å². The number of halogens is 1. The molecule has 8 heteroatoms. The zero-order valence-electron chi connectivity index (χ0n) is 11.5. The van der Waals surface area contributed by atoms with Gasteiger partial charge in [-0.05, 0) is 18.4 Å². The monoisotopic (exact) mass is 297 g/mol. The number of anilines is 1. The van der Waals surface area contributed by atoms with Crippen molar-refractivity contribution in [1.29, 1.82) is 0 Å². The molecular weight excluding hydrogens is 281 g/mol. The SMILES string of the molecule is CC1CN(C(=O)c2cc(F)cc([N+](=O)[O-])c2N)CCC1O. The maximum atomic E-state index is 13.5. The van der Waals surface area contributed by atoms with Crippen LogP contribution in [0.2, 0.25) is 0 Å². The summed E-state index contributed by atoms with van der Waals surface area (Å²) in [6, 6.07) is 1.59. The molecule has 1 aliphatic heterocycles. The van der Waals surface area contributed by atoms with E-state index in [1.54, 1.807) is 6.92 Å². The summed E-state index contributed by atoms with van der Waals surface area (Å²) >= 11 is 0. The van der Waals surface area contributed by atoms with E-state index in [9.17, 15) is 24.4 Å². The van der Waals surface area contributed by atoms with E-state index in [0.717, 1.165) is 6.07 Å². The lowest BCUT2D eigenvalue weighted by Crippen LogP contribution is -2.45. The fraction of sp³-hybridized carbons (Fsp3) is 0.462. The summed E-state index contributed by atoms with van der Waals surface area (Å²) in [5.74, 6) is -1.56. The van der Waals surface area contributed by atoms with E-state index in [2.05, 4.69) is 0 Å². The summed E-state index contributed by atoms with van der Waals surface area (Å²) < 4.78 is 13.5. The van der Waals surface area contributed by atoms with E-state index >= 15 is 0 Å². The van der Waals surface area contributed by atoms with Crippen molar-refractivity contribution in [2.24, 2.45) is 5.92 Å². The number of hydrogen-bond acceptors (Lipinski definition) is 5. The molecular formula is C13H16FN3O4. The normalized spacial score (nSPS) is 22.1. The van der Waals surface area contributed by atoms with E-state index in [-0.39, 0.29) is 17.2 Å². The van der Waals surface area contributed by atoms with E-state index < -0.39 is 28.4 Å². The molecule has 3 N–H and O–H groups in total. The molecule has 2 unspecified atom stereocenters. The molecule has 0 bridgehead atoms. The molecule has 0 radical (unpaired) electrons. The van der Waals surface area contributed by atoms with Gasteiger partial charge in [-0.1, -0.05) is 6.92 Å². The van der Waals surface area contributed by atoms with Gasteiger partial charge < -0.3 is 15.7 Å². The summed E-state index contributed by atoms with van der Waals surface area (Å²) in [6.45, 7) is 2.39. The topological polar surface area (TPSA) is 110 Å². The number of amides is 1. The number of carbonyl (C=O) groups is 1. The summed E-state index contributed by atoms with van der Waals surface area (Å²) in [5.41, 5.74) is 4.44. The Bertz CT molecular complexity index is 593. The molecule has 1 saturated heterocycles. The van der Waals surface area contributed by atoms with Crippen LogP contribution in [0.4, 0.5) is 15.8 Å². The number of piperidine rings is 1. The summed E-state index contributed by atoms with van der Waals surface area (Å²) in [7, 11) is 0. The molecule has 21 heavy (non-hydrogen) atoms. The molecule has 1 fully saturated rings. The van der Waals surface area contributed by atoms with Gasteiger partial charge in [0.25, 0.3) is 11.6 Å². The molecule has 0 aliphatic carbocycles. The van der Waals surface area contributed by atoms with Gasteiger partial charge in [-0.25, -0.2) is 4.39 Å². The van der Waals surface area contributed by atoms with E-state index in [1.807, 2.05) is 0 Å². The highest BCUT2D eigenvalue weighted by Gasteiger charge is 2.30. The summed E-state index contributed by atoms with van der Waals surface area (Å²) in [6.07, 6.45) is -0.0854. The van der Waals surface area contributed by atoms with Crippen LogP contribution in [0.15, 0.2) is 12.1 Å². The third kappa shape index (κ3) is 2.94. The van der Waals surface area contributed by atoms with Crippen LogP contribution in [-0.2, 0) is 0 Å². The highest BCUT2D eigenvalue weighted by atomic mass is 19.1. The minimum atomic E-state index is -0.885. The molecule has 7 nitrogen and oxygen atoms in total. The van der Waals surface area contributed by atoms with Gasteiger partial charge in [0.1, 0.15) is 11.5 Å². The molecule has 0 spiro atoms. The Morgan fingerprint density at radius 1 is 1.57 bits per heavy atom. The van der Waals surface area contributed by atoms with Crippen molar-refractivity contribution in [1.82, 2.24) is 4.90 Å². The minimum absolute atomic E-state index is 0.118. The maximum absolute atomic E-state index is 13.5. The van der Waals surface area contributed by atoms with Gasteiger partial charge in [-0.2, -0.15) is 0 Å². The Balaban J connectivity index is 2.33. The highest BCUT2D eigenvalue weighted by Crippen LogP contribution is 2.29. The average molecular weight is 297 g/mol. The summed E-state index contributed by atoms with van der Waals surface area (Å²) in [5, 5.41) is 20.5. The second-order valence-electron chi connectivity index (χ2n) is 5.23. The fourth-order valence-corrected chi connectivity index (χ4v) is 2.42. The maximum Gasteiger partial charge on any atom is 0.295 e. The quantitative estimate of drug-likeness (QED) is 0.483. The first-order valence-corrected chi connectivity index (χ1v) is 6.52. The first-order valence-electron chi connectivity index (χ1n) is 6.52. The van der Waals surface area contributed by atoms with Crippen LogP contribution in [0.5, 0.6) is 0 Å². The third-order valence-corrected chi connectivity index (χ3v) is 3.70. The van der Waals surface area contributed by atoms with Gasteiger partial charge in [0.2, 0.25) is 0 Å². The van der Waals surface area contributed by atoms with Gasteiger partial charge in [-0.15, -0.1) is 0 Å². The second-order valence-corrected chi connectivity index (χ2v) is 5.23. The van der Waals surface area contributed by atoms with Gasteiger partial charge in [-0.3, -0.25) is 14.9 Å². The number of nitrogens with zero attached hydrogens (tertiary/aromatic N) is 2. The van der Waals surface area contributed by atoms with Crippen molar-refractivity contribution in [2.75, 3.05) is 18.8 Å².